The SMILES string of the molecule is COc1cc(-c2noc(CSc3nnnn3-c3c(C)cccc3C)n2)ccc1OC(F)F. The Morgan fingerprint density at radius 1 is 1.12 bits per heavy atom. The number of alkyl halides is 2. The van der Waals surface area contributed by atoms with Gasteiger partial charge in [0.2, 0.25) is 16.9 Å². The summed E-state index contributed by atoms with van der Waals surface area (Å²) in [4.78, 5) is 4.36. The lowest BCUT2D eigenvalue weighted by Crippen LogP contribution is -2.04. The molecule has 9 nitrogen and oxygen atoms in total. The quantitative estimate of drug-likeness (QED) is 0.358. The summed E-state index contributed by atoms with van der Waals surface area (Å²) in [6.45, 7) is 1.03. The van der Waals surface area contributed by atoms with Crippen molar-refractivity contribution in [3.63, 3.8) is 0 Å². The van der Waals surface area contributed by atoms with Crippen LogP contribution < -0.4 is 9.47 Å². The molecule has 0 saturated heterocycles. The van der Waals surface area contributed by atoms with E-state index in [1.165, 1.54) is 31.0 Å². The smallest absolute Gasteiger partial charge is 0.387 e. The number of halogens is 2. The van der Waals surface area contributed by atoms with Crippen LogP contribution in [0.15, 0.2) is 46.1 Å². The highest BCUT2D eigenvalue weighted by molar-refractivity contribution is 7.98. The minimum atomic E-state index is -2.96. The number of hydrogen-bond donors (Lipinski definition) is 0. The van der Waals surface area contributed by atoms with Crippen molar-refractivity contribution >= 4 is 11.8 Å². The van der Waals surface area contributed by atoms with Gasteiger partial charge in [0.05, 0.1) is 18.6 Å². The second-order valence-electron chi connectivity index (χ2n) is 6.66. The molecule has 12 heteroatoms. The van der Waals surface area contributed by atoms with E-state index in [0.717, 1.165) is 16.8 Å². The first-order valence-corrected chi connectivity index (χ1v) is 10.4. The van der Waals surface area contributed by atoms with Crippen molar-refractivity contribution in [3.8, 4) is 28.6 Å². The number of aromatic nitrogens is 6. The predicted molar refractivity (Wildman–Crippen MR) is 111 cm³/mol. The van der Waals surface area contributed by atoms with E-state index in [0.29, 0.717) is 22.4 Å². The fourth-order valence-corrected chi connectivity index (χ4v) is 3.82. The number of ether oxygens (including phenoxy) is 2. The summed E-state index contributed by atoms with van der Waals surface area (Å²) in [5, 5.41) is 16.5. The summed E-state index contributed by atoms with van der Waals surface area (Å²) in [7, 11) is 1.36. The van der Waals surface area contributed by atoms with Crippen LogP contribution in [0.3, 0.4) is 0 Å². The van der Waals surface area contributed by atoms with E-state index >= 15 is 0 Å². The highest BCUT2D eigenvalue weighted by Gasteiger charge is 2.17. The van der Waals surface area contributed by atoms with E-state index in [1.807, 2.05) is 32.0 Å². The minimum absolute atomic E-state index is 0.0798. The van der Waals surface area contributed by atoms with Crippen LogP contribution in [0, 0.1) is 13.8 Å². The Balaban J connectivity index is 1.50. The maximum atomic E-state index is 12.5. The van der Waals surface area contributed by atoms with Gasteiger partial charge in [0, 0.05) is 5.56 Å². The van der Waals surface area contributed by atoms with Gasteiger partial charge >= 0.3 is 6.61 Å². The summed E-state index contributed by atoms with van der Waals surface area (Å²) in [6, 6.07) is 10.4. The first-order valence-electron chi connectivity index (χ1n) is 9.40. The van der Waals surface area contributed by atoms with Crippen molar-refractivity contribution in [3.05, 3.63) is 53.4 Å². The third-order valence-corrected chi connectivity index (χ3v) is 5.43. The van der Waals surface area contributed by atoms with Crippen molar-refractivity contribution in [2.24, 2.45) is 0 Å². The molecule has 0 amide bonds. The molecular formula is C20H18F2N6O3S. The van der Waals surface area contributed by atoms with Gasteiger partial charge in [0.15, 0.2) is 11.5 Å². The molecule has 166 valence electrons. The van der Waals surface area contributed by atoms with E-state index in [-0.39, 0.29) is 17.3 Å². The van der Waals surface area contributed by atoms with Crippen LogP contribution in [-0.2, 0) is 5.75 Å². The predicted octanol–water partition coefficient (Wildman–Crippen LogP) is 4.23. The molecule has 0 spiro atoms. The normalized spacial score (nSPS) is 11.2. The van der Waals surface area contributed by atoms with Crippen LogP contribution in [0.2, 0.25) is 0 Å². The van der Waals surface area contributed by atoms with Gasteiger partial charge < -0.3 is 14.0 Å². The molecule has 0 aliphatic heterocycles. The third kappa shape index (κ3) is 4.54. The maximum absolute atomic E-state index is 12.5. The number of methoxy groups -OCH3 is 1. The standard InChI is InChI=1S/C20H18F2N6O3S/c1-11-5-4-6-12(2)17(11)28-20(24-26-27-28)32-10-16-23-18(25-31-16)13-7-8-14(30-19(21)22)15(9-13)29-3/h4-9,19H,10H2,1-3H3. The fraction of sp³-hybridized carbons (Fsp3) is 0.250. The van der Waals surface area contributed by atoms with Crippen molar-refractivity contribution in [2.45, 2.75) is 31.4 Å². The number of thioether (sulfide) groups is 1. The first-order chi connectivity index (χ1) is 15.5. The lowest BCUT2D eigenvalue weighted by atomic mass is 10.1. The highest BCUT2D eigenvalue weighted by atomic mass is 32.2. The van der Waals surface area contributed by atoms with Gasteiger partial charge in [-0.1, -0.05) is 35.1 Å². The van der Waals surface area contributed by atoms with Gasteiger partial charge in [-0.15, -0.1) is 5.10 Å². The molecule has 0 aliphatic rings. The van der Waals surface area contributed by atoms with E-state index in [2.05, 4.69) is 30.4 Å². The van der Waals surface area contributed by atoms with Crippen molar-refractivity contribution in [1.82, 2.24) is 30.3 Å². The molecule has 0 N–H and O–H groups in total. The molecule has 4 rings (SSSR count). The van der Waals surface area contributed by atoms with Crippen LogP contribution in [0.4, 0.5) is 8.78 Å². The van der Waals surface area contributed by atoms with E-state index in [4.69, 9.17) is 9.26 Å². The molecule has 0 saturated carbocycles. The number of nitrogens with zero attached hydrogens (tertiary/aromatic N) is 6. The molecule has 0 fully saturated rings. The summed E-state index contributed by atoms with van der Waals surface area (Å²) < 4.78 is 41.6. The summed E-state index contributed by atoms with van der Waals surface area (Å²) >= 11 is 1.35. The van der Waals surface area contributed by atoms with Crippen LogP contribution in [-0.4, -0.2) is 44.1 Å². The van der Waals surface area contributed by atoms with Crippen molar-refractivity contribution in [2.75, 3.05) is 7.11 Å². The zero-order valence-electron chi connectivity index (χ0n) is 17.3. The van der Waals surface area contributed by atoms with Crippen LogP contribution in [0.1, 0.15) is 17.0 Å². The molecular weight excluding hydrogens is 442 g/mol. The molecule has 0 radical (unpaired) electrons. The Kier molecular flexibility index (Phi) is 6.30. The van der Waals surface area contributed by atoms with E-state index in [9.17, 15) is 8.78 Å². The van der Waals surface area contributed by atoms with E-state index in [1.54, 1.807) is 10.7 Å². The lowest BCUT2D eigenvalue weighted by Gasteiger charge is -2.10. The summed E-state index contributed by atoms with van der Waals surface area (Å²) in [6.07, 6.45) is 0. The average Bonchev–Trinajstić information content (AvgIpc) is 3.42. The highest BCUT2D eigenvalue weighted by Crippen LogP contribution is 2.33. The minimum Gasteiger partial charge on any atom is -0.493 e. The van der Waals surface area contributed by atoms with Gasteiger partial charge in [0.1, 0.15) is 0 Å². The Morgan fingerprint density at radius 2 is 1.91 bits per heavy atom. The van der Waals surface area contributed by atoms with E-state index < -0.39 is 6.61 Å². The zero-order valence-corrected chi connectivity index (χ0v) is 18.1. The number of rotatable bonds is 8. The topological polar surface area (TPSA) is 101 Å². The van der Waals surface area contributed by atoms with Crippen LogP contribution in [0.25, 0.3) is 17.1 Å². The second-order valence-corrected chi connectivity index (χ2v) is 7.60. The van der Waals surface area contributed by atoms with Gasteiger partial charge in [0.25, 0.3) is 0 Å². The molecule has 0 aliphatic carbocycles. The number of benzene rings is 2. The molecule has 32 heavy (non-hydrogen) atoms. The van der Waals surface area contributed by atoms with Gasteiger partial charge in [-0.3, -0.25) is 0 Å². The molecule has 0 atom stereocenters. The number of para-hydroxylation sites is 1. The van der Waals surface area contributed by atoms with Crippen molar-refractivity contribution < 1.29 is 22.8 Å². The maximum Gasteiger partial charge on any atom is 0.387 e. The van der Waals surface area contributed by atoms with Crippen molar-refractivity contribution in [1.29, 1.82) is 0 Å². The Morgan fingerprint density at radius 3 is 2.62 bits per heavy atom. The van der Waals surface area contributed by atoms with Gasteiger partial charge in [-0.05, 0) is 53.6 Å². The molecule has 2 aromatic carbocycles. The second kappa shape index (κ2) is 9.30. The Bertz CT molecular complexity index is 1210. The van der Waals surface area contributed by atoms with Gasteiger partial charge in [-0.2, -0.15) is 18.4 Å². The monoisotopic (exact) mass is 460 g/mol. The average molecular weight is 460 g/mol. The Labute approximate surface area is 185 Å². The largest absolute Gasteiger partial charge is 0.493 e. The first kappa shape index (κ1) is 21.7. The third-order valence-electron chi connectivity index (χ3n) is 4.52. The number of tetrazole rings is 1. The number of hydrogen-bond acceptors (Lipinski definition) is 9. The summed E-state index contributed by atoms with van der Waals surface area (Å²) in [5.74, 6) is 1.03. The van der Waals surface area contributed by atoms with Gasteiger partial charge in [-0.25, -0.2) is 0 Å². The number of aryl methyl sites for hydroxylation is 2. The molecule has 0 bridgehead atoms. The molecule has 4 aromatic rings. The lowest BCUT2D eigenvalue weighted by molar-refractivity contribution is -0.0512. The zero-order chi connectivity index (χ0) is 22.7. The molecule has 2 aromatic heterocycles. The molecule has 0 unspecified atom stereocenters. The Hall–Kier alpha value is -3.54. The van der Waals surface area contributed by atoms with Crippen LogP contribution in [0.5, 0.6) is 11.5 Å². The van der Waals surface area contributed by atoms with Crippen LogP contribution >= 0.6 is 11.8 Å². The summed E-state index contributed by atoms with van der Waals surface area (Å²) in [5.41, 5.74) is 3.55. The molecule has 2 heterocycles. The fourth-order valence-electron chi connectivity index (χ4n) is 3.11.